The molecule has 4 nitrogen and oxygen atoms in total. The van der Waals surface area contributed by atoms with Crippen molar-refractivity contribution in [3.8, 4) is 0 Å². The molecule has 1 aromatic rings. The van der Waals surface area contributed by atoms with Gasteiger partial charge in [0.15, 0.2) is 0 Å². The van der Waals surface area contributed by atoms with E-state index < -0.39 is 0 Å². The second-order valence-corrected chi connectivity index (χ2v) is 3.83. The smallest absolute Gasteiger partial charge is 0.309 e. The Kier molecular flexibility index (Phi) is 4.92. The Hall–Kier alpha value is -1.42. The van der Waals surface area contributed by atoms with Gasteiger partial charge in [-0.3, -0.25) is 9.78 Å². The summed E-state index contributed by atoms with van der Waals surface area (Å²) in [5.74, 6) is -0.316. The standard InChI is InChI=1S/C12H18N2O2/c1-9(12(15)16-3)8-14-10(2)11-4-6-13-7-5-11/h4-7,9-10,14H,8H2,1-3H3/t9?,10-/m0/s1. The monoisotopic (exact) mass is 222 g/mol. The van der Waals surface area contributed by atoms with Crippen LogP contribution in [0.25, 0.3) is 0 Å². The molecule has 1 N–H and O–H groups in total. The first kappa shape index (κ1) is 12.6. The average molecular weight is 222 g/mol. The van der Waals surface area contributed by atoms with Crippen LogP contribution < -0.4 is 5.32 Å². The van der Waals surface area contributed by atoms with Gasteiger partial charge >= 0.3 is 5.97 Å². The predicted octanol–water partition coefficient (Wildman–Crippen LogP) is 1.54. The lowest BCUT2D eigenvalue weighted by atomic mass is 10.1. The Morgan fingerprint density at radius 3 is 2.62 bits per heavy atom. The fourth-order valence-electron chi connectivity index (χ4n) is 1.41. The largest absolute Gasteiger partial charge is 0.469 e. The number of nitrogens with zero attached hydrogens (tertiary/aromatic N) is 1. The van der Waals surface area contributed by atoms with Crippen LogP contribution in [-0.2, 0) is 9.53 Å². The summed E-state index contributed by atoms with van der Waals surface area (Å²) in [6, 6.07) is 4.12. The molecular weight excluding hydrogens is 204 g/mol. The van der Waals surface area contributed by atoms with Gasteiger partial charge in [0.05, 0.1) is 13.0 Å². The second-order valence-electron chi connectivity index (χ2n) is 3.83. The van der Waals surface area contributed by atoms with Crippen LogP contribution in [0.4, 0.5) is 0 Å². The topological polar surface area (TPSA) is 51.2 Å². The molecule has 0 aliphatic rings. The number of esters is 1. The maximum Gasteiger partial charge on any atom is 0.309 e. The molecule has 1 unspecified atom stereocenters. The highest BCUT2D eigenvalue weighted by Crippen LogP contribution is 2.10. The summed E-state index contributed by atoms with van der Waals surface area (Å²) in [6.45, 7) is 4.51. The first-order chi connectivity index (χ1) is 7.65. The summed E-state index contributed by atoms with van der Waals surface area (Å²) < 4.78 is 4.66. The number of pyridine rings is 1. The van der Waals surface area contributed by atoms with Crippen LogP contribution in [0.2, 0.25) is 0 Å². The van der Waals surface area contributed by atoms with Crippen molar-refractivity contribution in [2.75, 3.05) is 13.7 Å². The van der Waals surface area contributed by atoms with E-state index in [4.69, 9.17) is 0 Å². The van der Waals surface area contributed by atoms with Gasteiger partial charge in [0, 0.05) is 25.0 Å². The quantitative estimate of drug-likeness (QED) is 0.768. The molecule has 1 aromatic heterocycles. The lowest BCUT2D eigenvalue weighted by molar-refractivity contribution is -0.144. The minimum Gasteiger partial charge on any atom is -0.469 e. The van der Waals surface area contributed by atoms with Gasteiger partial charge in [-0.25, -0.2) is 0 Å². The zero-order chi connectivity index (χ0) is 12.0. The highest BCUT2D eigenvalue weighted by molar-refractivity contribution is 5.72. The van der Waals surface area contributed by atoms with Crippen molar-refractivity contribution in [3.63, 3.8) is 0 Å². The summed E-state index contributed by atoms with van der Waals surface area (Å²) in [4.78, 5) is 15.2. The molecule has 1 heterocycles. The van der Waals surface area contributed by atoms with E-state index in [0.29, 0.717) is 6.54 Å². The normalized spacial score (nSPS) is 14.2. The Morgan fingerprint density at radius 2 is 2.06 bits per heavy atom. The van der Waals surface area contributed by atoms with E-state index in [1.54, 1.807) is 12.4 Å². The summed E-state index contributed by atoms with van der Waals surface area (Å²) in [5, 5.41) is 3.29. The minimum absolute atomic E-state index is 0.130. The number of ether oxygens (including phenoxy) is 1. The fourth-order valence-corrected chi connectivity index (χ4v) is 1.41. The molecule has 0 fully saturated rings. The van der Waals surface area contributed by atoms with E-state index in [2.05, 4.69) is 22.0 Å². The second kappa shape index (κ2) is 6.23. The van der Waals surface area contributed by atoms with Crippen molar-refractivity contribution < 1.29 is 9.53 Å². The number of nitrogens with one attached hydrogen (secondary N) is 1. The van der Waals surface area contributed by atoms with Crippen molar-refractivity contribution >= 4 is 5.97 Å². The van der Waals surface area contributed by atoms with Gasteiger partial charge < -0.3 is 10.1 Å². The van der Waals surface area contributed by atoms with Gasteiger partial charge in [0.2, 0.25) is 0 Å². The zero-order valence-corrected chi connectivity index (χ0v) is 9.93. The van der Waals surface area contributed by atoms with Crippen molar-refractivity contribution in [1.82, 2.24) is 10.3 Å². The van der Waals surface area contributed by atoms with E-state index in [9.17, 15) is 4.79 Å². The van der Waals surface area contributed by atoms with E-state index in [1.165, 1.54) is 7.11 Å². The molecule has 1 rings (SSSR count). The molecule has 0 radical (unpaired) electrons. The Labute approximate surface area is 96.0 Å². The molecule has 0 spiro atoms. The summed E-state index contributed by atoms with van der Waals surface area (Å²) >= 11 is 0. The molecule has 0 aliphatic heterocycles. The van der Waals surface area contributed by atoms with E-state index in [1.807, 2.05) is 19.1 Å². The molecule has 0 saturated heterocycles. The highest BCUT2D eigenvalue weighted by atomic mass is 16.5. The SMILES string of the molecule is COC(=O)C(C)CN[C@@H](C)c1ccncc1. The number of carbonyl (C=O) groups is 1. The number of hydrogen-bond acceptors (Lipinski definition) is 4. The van der Waals surface area contributed by atoms with Gasteiger partial charge in [-0.2, -0.15) is 0 Å². The van der Waals surface area contributed by atoms with Crippen LogP contribution in [0.1, 0.15) is 25.5 Å². The third kappa shape index (κ3) is 3.62. The van der Waals surface area contributed by atoms with Crippen molar-refractivity contribution in [1.29, 1.82) is 0 Å². The third-order valence-corrected chi connectivity index (χ3v) is 2.54. The van der Waals surface area contributed by atoms with E-state index in [-0.39, 0.29) is 17.9 Å². The fraction of sp³-hybridized carbons (Fsp3) is 0.500. The van der Waals surface area contributed by atoms with Crippen LogP contribution in [0.15, 0.2) is 24.5 Å². The van der Waals surface area contributed by atoms with Crippen LogP contribution in [0.3, 0.4) is 0 Å². The van der Waals surface area contributed by atoms with Gasteiger partial charge in [-0.1, -0.05) is 6.92 Å². The molecular formula is C12H18N2O2. The molecule has 4 heteroatoms. The third-order valence-electron chi connectivity index (χ3n) is 2.54. The Bertz CT molecular complexity index is 327. The van der Waals surface area contributed by atoms with Crippen LogP contribution in [-0.4, -0.2) is 24.6 Å². The lowest BCUT2D eigenvalue weighted by Crippen LogP contribution is -2.29. The zero-order valence-electron chi connectivity index (χ0n) is 9.93. The maximum atomic E-state index is 11.2. The van der Waals surface area contributed by atoms with Gasteiger partial charge in [-0.15, -0.1) is 0 Å². The van der Waals surface area contributed by atoms with E-state index >= 15 is 0 Å². The van der Waals surface area contributed by atoms with Crippen molar-refractivity contribution in [3.05, 3.63) is 30.1 Å². The first-order valence-corrected chi connectivity index (χ1v) is 5.36. The molecule has 0 aromatic carbocycles. The van der Waals surface area contributed by atoms with Crippen LogP contribution in [0, 0.1) is 5.92 Å². The molecule has 16 heavy (non-hydrogen) atoms. The molecule has 0 amide bonds. The molecule has 2 atom stereocenters. The average Bonchev–Trinajstić information content (AvgIpc) is 2.35. The number of aromatic nitrogens is 1. The van der Waals surface area contributed by atoms with Gasteiger partial charge in [-0.05, 0) is 24.6 Å². The van der Waals surface area contributed by atoms with Gasteiger partial charge in [0.1, 0.15) is 0 Å². The summed E-state index contributed by atoms with van der Waals surface area (Å²) in [6.07, 6.45) is 3.52. The van der Waals surface area contributed by atoms with Crippen LogP contribution >= 0.6 is 0 Å². The summed E-state index contributed by atoms with van der Waals surface area (Å²) in [5.41, 5.74) is 1.16. The van der Waals surface area contributed by atoms with Crippen LogP contribution in [0.5, 0.6) is 0 Å². The van der Waals surface area contributed by atoms with Gasteiger partial charge in [0.25, 0.3) is 0 Å². The Balaban J connectivity index is 2.41. The molecule has 0 saturated carbocycles. The molecule has 0 bridgehead atoms. The number of rotatable bonds is 5. The van der Waals surface area contributed by atoms with Crippen molar-refractivity contribution in [2.24, 2.45) is 5.92 Å². The number of methoxy groups -OCH3 is 1. The first-order valence-electron chi connectivity index (χ1n) is 5.36. The van der Waals surface area contributed by atoms with E-state index in [0.717, 1.165) is 5.56 Å². The number of hydrogen-bond donors (Lipinski definition) is 1. The molecule has 0 aliphatic carbocycles. The maximum absolute atomic E-state index is 11.2. The highest BCUT2D eigenvalue weighted by Gasteiger charge is 2.14. The number of carbonyl (C=O) groups excluding carboxylic acids is 1. The Morgan fingerprint density at radius 1 is 1.44 bits per heavy atom. The predicted molar refractivity (Wildman–Crippen MR) is 61.8 cm³/mol. The molecule has 88 valence electrons. The lowest BCUT2D eigenvalue weighted by Gasteiger charge is -2.16. The summed E-state index contributed by atoms with van der Waals surface area (Å²) in [7, 11) is 1.41. The van der Waals surface area contributed by atoms with Crippen molar-refractivity contribution in [2.45, 2.75) is 19.9 Å². The minimum atomic E-state index is -0.186.